The third-order valence-corrected chi connectivity index (χ3v) is 5.55. The van der Waals surface area contributed by atoms with Crippen molar-refractivity contribution in [3.8, 4) is 0 Å². The van der Waals surface area contributed by atoms with Gasteiger partial charge in [-0.05, 0) is 43.4 Å². The summed E-state index contributed by atoms with van der Waals surface area (Å²) in [4.78, 5) is 12.7. The number of aliphatic hydroxyl groups is 1. The molecule has 0 radical (unpaired) electrons. The number of benzene rings is 1. The quantitative estimate of drug-likeness (QED) is 0.737. The van der Waals surface area contributed by atoms with E-state index in [1.807, 2.05) is 12.1 Å². The van der Waals surface area contributed by atoms with Crippen LogP contribution in [0.4, 0.5) is 0 Å². The lowest BCUT2D eigenvalue weighted by Crippen LogP contribution is -2.74. The van der Waals surface area contributed by atoms with Gasteiger partial charge >= 0.3 is 0 Å². The summed E-state index contributed by atoms with van der Waals surface area (Å²) >= 11 is 0. The van der Waals surface area contributed by atoms with Gasteiger partial charge in [0.1, 0.15) is 5.78 Å². The van der Waals surface area contributed by atoms with Gasteiger partial charge in [-0.3, -0.25) is 4.79 Å². The third-order valence-electron chi connectivity index (χ3n) is 5.55. The second kappa shape index (κ2) is 3.68. The van der Waals surface area contributed by atoms with Gasteiger partial charge in [0, 0.05) is 12.5 Å². The van der Waals surface area contributed by atoms with Crippen LogP contribution in [0.2, 0.25) is 0 Å². The lowest BCUT2D eigenvalue weighted by Gasteiger charge is -2.59. The first kappa shape index (κ1) is 11.6. The maximum absolute atomic E-state index is 12.7. The van der Waals surface area contributed by atoms with Crippen molar-refractivity contribution in [3.05, 3.63) is 35.4 Å². The number of Topliss-reactive ketones (excluding diaryl/α,β-unsaturated/α-hetero) is 1. The summed E-state index contributed by atoms with van der Waals surface area (Å²) in [5.41, 5.74) is 0.810. The molecule has 2 N–H and O–H groups in total. The molecule has 100 valence electrons. The van der Waals surface area contributed by atoms with Crippen molar-refractivity contribution in [1.82, 2.24) is 5.32 Å². The summed E-state index contributed by atoms with van der Waals surface area (Å²) in [5.74, 6) is 0.250. The van der Waals surface area contributed by atoms with Crippen LogP contribution in [0, 0.1) is 0 Å². The average Bonchev–Trinajstić information content (AvgIpc) is 2.39. The first-order valence-electron chi connectivity index (χ1n) is 7.26. The second-order valence-corrected chi connectivity index (χ2v) is 6.22. The zero-order valence-electron chi connectivity index (χ0n) is 11.0. The van der Waals surface area contributed by atoms with E-state index in [4.69, 9.17) is 0 Å². The molecule has 1 saturated carbocycles. The Balaban J connectivity index is 2.02. The van der Waals surface area contributed by atoms with Crippen LogP contribution < -0.4 is 5.32 Å². The summed E-state index contributed by atoms with van der Waals surface area (Å²) in [5, 5.41) is 14.7. The lowest BCUT2D eigenvalue weighted by molar-refractivity contribution is -0.158. The third kappa shape index (κ3) is 1.23. The number of hydrogen-bond acceptors (Lipinski definition) is 3. The van der Waals surface area contributed by atoms with Gasteiger partial charge in [-0.25, -0.2) is 0 Å². The Morgan fingerprint density at radius 2 is 2.11 bits per heavy atom. The molecule has 0 aromatic heterocycles. The zero-order valence-corrected chi connectivity index (χ0v) is 11.0. The minimum atomic E-state index is -0.880. The Morgan fingerprint density at radius 1 is 1.26 bits per heavy atom. The van der Waals surface area contributed by atoms with E-state index in [0.717, 1.165) is 37.8 Å². The van der Waals surface area contributed by atoms with E-state index in [1.165, 1.54) is 5.56 Å². The van der Waals surface area contributed by atoms with Crippen molar-refractivity contribution in [1.29, 1.82) is 0 Å². The number of nitrogens with one attached hydrogen (secondary N) is 1. The van der Waals surface area contributed by atoms with E-state index in [-0.39, 0.29) is 11.8 Å². The van der Waals surface area contributed by atoms with Gasteiger partial charge in [0.25, 0.3) is 0 Å². The monoisotopic (exact) mass is 257 g/mol. The number of ketones is 1. The lowest BCUT2D eigenvalue weighted by atomic mass is 9.49. The molecule has 0 amide bonds. The molecule has 0 spiro atoms. The highest BCUT2D eigenvalue weighted by molar-refractivity contribution is 5.94. The van der Waals surface area contributed by atoms with E-state index >= 15 is 0 Å². The molecule has 3 nitrogen and oxygen atoms in total. The van der Waals surface area contributed by atoms with Crippen molar-refractivity contribution in [2.45, 2.75) is 49.2 Å². The molecule has 1 heterocycles. The van der Waals surface area contributed by atoms with Gasteiger partial charge in [-0.15, -0.1) is 0 Å². The van der Waals surface area contributed by atoms with Crippen LogP contribution in [0.1, 0.15) is 36.8 Å². The molecule has 3 atom stereocenters. The van der Waals surface area contributed by atoms with Gasteiger partial charge in [-0.1, -0.05) is 24.3 Å². The van der Waals surface area contributed by atoms with Crippen molar-refractivity contribution >= 4 is 5.78 Å². The minimum absolute atomic E-state index is 0.0281. The molecule has 19 heavy (non-hydrogen) atoms. The Bertz CT molecular complexity index is 555. The number of carbonyl (C=O) groups is 1. The average molecular weight is 257 g/mol. The van der Waals surface area contributed by atoms with Gasteiger partial charge in [0.2, 0.25) is 0 Å². The summed E-state index contributed by atoms with van der Waals surface area (Å²) in [6.45, 7) is 0.826. The molecule has 1 saturated heterocycles. The topological polar surface area (TPSA) is 49.3 Å². The molecular weight excluding hydrogens is 238 g/mol. The van der Waals surface area contributed by atoms with E-state index in [0.29, 0.717) is 6.42 Å². The van der Waals surface area contributed by atoms with Crippen LogP contribution in [0.5, 0.6) is 0 Å². The van der Waals surface area contributed by atoms with Crippen LogP contribution in [-0.2, 0) is 16.6 Å². The fourth-order valence-electron chi connectivity index (χ4n) is 4.71. The van der Waals surface area contributed by atoms with Crippen LogP contribution in [0.15, 0.2) is 24.3 Å². The summed E-state index contributed by atoms with van der Waals surface area (Å²) in [7, 11) is 0. The van der Waals surface area contributed by atoms with Gasteiger partial charge < -0.3 is 10.4 Å². The molecular formula is C16H19NO2. The smallest absolute Gasteiger partial charge is 0.146 e. The molecule has 1 aromatic rings. The molecule has 2 fully saturated rings. The molecule has 1 unspecified atom stereocenters. The normalized spacial score (nSPS) is 40.5. The first-order valence-corrected chi connectivity index (χ1v) is 7.26. The van der Waals surface area contributed by atoms with Crippen molar-refractivity contribution < 1.29 is 9.90 Å². The summed E-state index contributed by atoms with van der Waals surface area (Å²) < 4.78 is 0. The van der Waals surface area contributed by atoms with Gasteiger partial charge in [0.15, 0.2) is 0 Å². The molecule has 3 heteroatoms. The largest absolute Gasteiger partial charge is 0.387 e. The zero-order chi connectivity index (χ0) is 13.1. The van der Waals surface area contributed by atoms with Crippen molar-refractivity contribution in [3.63, 3.8) is 0 Å². The van der Waals surface area contributed by atoms with E-state index in [1.54, 1.807) is 0 Å². The fourth-order valence-corrected chi connectivity index (χ4v) is 4.71. The van der Waals surface area contributed by atoms with Crippen LogP contribution in [-0.4, -0.2) is 29.1 Å². The Morgan fingerprint density at radius 3 is 3.00 bits per heavy atom. The van der Waals surface area contributed by atoms with E-state index < -0.39 is 11.0 Å². The van der Waals surface area contributed by atoms with Crippen molar-refractivity contribution in [2.75, 3.05) is 6.54 Å². The number of carbonyl (C=O) groups excluding carboxylic acids is 1. The highest BCUT2D eigenvalue weighted by atomic mass is 16.3. The predicted molar refractivity (Wildman–Crippen MR) is 72.0 cm³/mol. The number of fused-ring (bicyclic) bond motifs is 1. The standard InChI is InChI=1S/C16H19NO2/c18-14-6-3-7-16(19)13-10-11-4-1-2-5-12(11)15(14,16)8-9-17-13/h1-2,4-5,13,17,19H,3,6-10H2/t13-,15+,16?/m1/s1. The molecule has 2 bridgehead atoms. The van der Waals surface area contributed by atoms with Crippen LogP contribution in [0.3, 0.4) is 0 Å². The summed E-state index contributed by atoms with van der Waals surface area (Å²) in [6.07, 6.45) is 3.74. The second-order valence-electron chi connectivity index (χ2n) is 6.22. The van der Waals surface area contributed by atoms with Crippen LogP contribution >= 0.6 is 0 Å². The molecule has 4 rings (SSSR count). The van der Waals surface area contributed by atoms with Crippen molar-refractivity contribution in [2.24, 2.45) is 0 Å². The number of hydrogen-bond donors (Lipinski definition) is 2. The van der Waals surface area contributed by atoms with E-state index in [2.05, 4.69) is 17.4 Å². The maximum Gasteiger partial charge on any atom is 0.146 e. The predicted octanol–water partition coefficient (Wildman–Crippen LogP) is 1.33. The SMILES string of the molecule is O=C1CCCC2(O)[C@H]3Cc4ccccc4[C@@]12CCN3. The number of rotatable bonds is 0. The van der Waals surface area contributed by atoms with Crippen LogP contribution in [0.25, 0.3) is 0 Å². The molecule has 2 aliphatic carbocycles. The van der Waals surface area contributed by atoms with E-state index in [9.17, 15) is 9.90 Å². The Labute approximate surface area is 113 Å². The summed E-state index contributed by atoms with van der Waals surface area (Å²) in [6, 6.07) is 8.23. The Kier molecular flexibility index (Phi) is 2.25. The highest BCUT2D eigenvalue weighted by Gasteiger charge is 2.65. The highest BCUT2D eigenvalue weighted by Crippen LogP contribution is 2.54. The first-order chi connectivity index (χ1) is 9.18. The molecule has 3 aliphatic rings. The molecule has 1 aromatic carbocycles. The maximum atomic E-state index is 12.7. The van der Waals surface area contributed by atoms with Gasteiger partial charge in [-0.2, -0.15) is 0 Å². The molecule has 1 aliphatic heterocycles. The Hall–Kier alpha value is -1.19. The van der Waals surface area contributed by atoms with Gasteiger partial charge in [0.05, 0.1) is 11.0 Å². The number of piperidine rings is 1. The minimum Gasteiger partial charge on any atom is -0.387 e. The fraction of sp³-hybridized carbons (Fsp3) is 0.562.